The molecule has 5 heteroatoms. The lowest BCUT2D eigenvalue weighted by molar-refractivity contribution is -0.123. The molecule has 1 heterocycles. The third-order valence-electron chi connectivity index (χ3n) is 2.79. The zero-order chi connectivity index (χ0) is 12.0. The van der Waals surface area contributed by atoms with Crippen LogP contribution in [-0.2, 0) is 14.3 Å². The molecule has 1 rings (SSSR count). The molecular weight excluding hydrogens is 208 g/mol. The van der Waals surface area contributed by atoms with Gasteiger partial charge >= 0.3 is 0 Å². The van der Waals surface area contributed by atoms with Crippen LogP contribution < -0.4 is 10.6 Å². The van der Waals surface area contributed by atoms with Crippen molar-refractivity contribution in [2.45, 2.75) is 25.5 Å². The molecule has 0 aromatic heterocycles. The van der Waals surface area contributed by atoms with Gasteiger partial charge in [-0.25, -0.2) is 0 Å². The van der Waals surface area contributed by atoms with E-state index in [1.165, 1.54) is 0 Å². The van der Waals surface area contributed by atoms with Gasteiger partial charge in [0.05, 0.1) is 12.1 Å². The second kappa shape index (κ2) is 6.83. The molecule has 5 nitrogen and oxygen atoms in total. The van der Waals surface area contributed by atoms with Gasteiger partial charge in [0.1, 0.15) is 0 Å². The van der Waals surface area contributed by atoms with Crippen LogP contribution in [0.25, 0.3) is 0 Å². The fourth-order valence-corrected chi connectivity index (χ4v) is 1.97. The van der Waals surface area contributed by atoms with Gasteiger partial charge in [-0.15, -0.1) is 0 Å². The van der Waals surface area contributed by atoms with Crippen LogP contribution in [0.15, 0.2) is 0 Å². The fraction of sp³-hybridized carbons (Fsp3) is 0.909. The van der Waals surface area contributed by atoms with Crippen molar-refractivity contribution >= 4 is 5.91 Å². The highest BCUT2D eigenvalue weighted by Gasteiger charge is 2.28. The summed E-state index contributed by atoms with van der Waals surface area (Å²) >= 11 is 0. The number of nitrogens with one attached hydrogen (secondary N) is 2. The summed E-state index contributed by atoms with van der Waals surface area (Å²) in [7, 11) is 3.32. The Balaban J connectivity index is 2.28. The molecule has 0 aliphatic carbocycles. The largest absolute Gasteiger partial charge is 0.384 e. The Hall–Kier alpha value is -0.650. The number of hydrogen-bond donors (Lipinski definition) is 2. The van der Waals surface area contributed by atoms with Gasteiger partial charge in [-0.3, -0.25) is 4.79 Å². The lowest BCUT2D eigenvalue weighted by Gasteiger charge is -2.19. The molecule has 2 N–H and O–H groups in total. The van der Waals surface area contributed by atoms with Gasteiger partial charge in [0.2, 0.25) is 5.91 Å². The van der Waals surface area contributed by atoms with Crippen molar-refractivity contribution in [2.24, 2.45) is 5.92 Å². The molecule has 1 aliphatic rings. The van der Waals surface area contributed by atoms with E-state index >= 15 is 0 Å². The number of carbonyl (C=O) groups excluding carboxylic acids is 1. The first-order valence-electron chi connectivity index (χ1n) is 5.69. The van der Waals surface area contributed by atoms with Gasteiger partial charge in [-0.1, -0.05) is 6.92 Å². The molecule has 3 atom stereocenters. The molecule has 1 aliphatic heterocycles. The normalized spacial score (nSPS) is 26.7. The van der Waals surface area contributed by atoms with Crippen LogP contribution in [0, 0.1) is 5.92 Å². The summed E-state index contributed by atoms with van der Waals surface area (Å²) in [6, 6.07) is 0.0900. The van der Waals surface area contributed by atoms with Crippen LogP contribution in [0.1, 0.15) is 13.3 Å². The van der Waals surface area contributed by atoms with Gasteiger partial charge in [-0.05, 0) is 5.92 Å². The van der Waals surface area contributed by atoms with Crippen molar-refractivity contribution in [3.63, 3.8) is 0 Å². The van der Waals surface area contributed by atoms with Crippen molar-refractivity contribution in [1.29, 1.82) is 0 Å². The summed E-state index contributed by atoms with van der Waals surface area (Å²) < 4.78 is 10.3. The summed E-state index contributed by atoms with van der Waals surface area (Å²) in [5.74, 6) is 0.320. The van der Waals surface area contributed by atoms with E-state index in [0.29, 0.717) is 13.0 Å². The van der Waals surface area contributed by atoms with Crippen molar-refractivity contribution in [1.82, 2.24) is 10.6 Å². The maximum absolute atomic E-state index is 11.7. The first kappa shape index (κ1) is 13.4. The minimum Gasteiger partial charge on any atom is -0.384 e. The SMILES string of the molecule is COCC(C)CC(=O)NC1CNC[C@@H]1OC. The van der Waals surface area contributed by atoms with Crippen molar-refractivity contribution in [2.75, 3.05) is 33.9 Å². The van der Waals surface area contributed by atoms with Gasteiger partial charge < -0.3 is 20.1 Å². The summed E-state index contributed by atoms with van der Waals surface area (Å²) in [5.41, 5.74) is 0. The Bertz CT molecular complexity index is 223. The van der Waals surface area contributed by atoms with E-state index in [1.807, 2.05) is 6.92 Å². The first-order chi connectivity index (χ1) is 7.67. The Morgan fingerprint density at radius 2 is 2.25 bits per heavy atom. The molecule has 1 saturated heterocycles. The van der Waals surface area contributed by atoms with E-state index in [2.05, 4.69) is 10.6 Å². The molecule has 1 fully saturated rings. The monoisotopic (exact) mass is 230 g/mol. The van der Waals surface area contributed by atoms with Crippen LogP contribution in [0.2, 0.25) is 0 Å². The van der Waals surface area contributed by atoms with Crippen molar-refractivity contribution < 1.29 is 14.3 Å². The molecule has 0 aromatic rings. The van der Waals surface area contributed by atoms with E-state index in [0.717, 1.165) is 13.1 Å². The van der Waals surface area contributed by atoms with Crippen LogP contribution in [0.4, 0.5) is 0 Å². The van der Waals surface area contributed by atoms with E-state index < -0.39 is 0 Å². The molecule has 94 valence electrons. The smallest absolute Gasteiger partial charge is 0.220 e. The molecule has 0 saturated carbocycles. The lowest BCUT2D eigenvalue weighted by atomic mass is 10.1. The maximum atomic E-state index is 11.7. The van der Waals surface area contributed by atoms with Crippen LogP contribution in [0.3, 0.4) is 0 Å². The Labute approximate surface area is 96.9 Å². The van der Waals surface area contributed by atoms with E-state index in [-0.39, 0.29) is 24.0 Å². The number of methoxy groups -OCH3 is 2. The summed E-state index contributed by atoms with van der Waals surface area (Å²) in [4.78, 5) is 11.7. The van der Waals surface area contributed by atoms with Crippen LogP contribution in [0.5, 0.6) is 0 Å². The highest BCUT2D eigenvalue weighted by atomic mass is 16.5. The third kappa shape index (κ3) is 4.08. The number of carbonyl (C=O) groups is 1. The average molecular weight is 230 g/mol. The highest BCUT2D eigenvalue weighted by Crippen LogP contribution is 2.06. The van der Waals surface area contributed by atoms with Crippen molar-refractivity contribution in [3.05, 3.63) is 0 Å². The molecule has 1 amide bonds. The third-order valence-corrected chi connectivity index (χ3v) is 2.79. The molecule has 0 radical (unpaired) electrons. The van der Waals surface area contributed by atoms with E-state index in [4.69, 9.17) is 9.47 Å². The predicted molar refractivity (Wildman–Crippen MR) is 61.3 cm³/mol. The topological polar surface area (TPSA) is 59.6 Å². The summed E-state index contributed by atoms with van der Waals surface area (Å²) in [6.07, 6.45) is 0.586. The number of amides is 1. The zero-order valence-electron chi connectivity index (χ0n) is 10.3. The number of ether oxygens (including phenoxy) is 2. The minimum absolute atomic E-state index is 0.0697. The number of hydrogen-bond acceptors (Lipinski definition) is 4. The van der Waals surface area contributed by atoms with Crippen LogP contribution >= 0.6 is 0 Å². The number of rotatable bonds is 6. The average Bonchev–Trinajstić information content (AvgIpc) is 2.65. The van der Waals surface area contributed by atoms with Gasteiger partial charge in [0.15, 0.2) is 0 Å². The summed E-state index contributed by atoms with van der Waals surface area (Å²) in [6.45, 7) is 4.20. The van der Waals surface area contributed by atoms with E-state index in [1.54, 1.807) is 14.2 Å². The minimum atomic E-state index is 0.0697. The molecule has 0 bridgehead atoms. The first-order valence-corrected chi connectivity index (χ1v) is 5.69. The quantitative estimate of drug-likeness (QED) is 0.661. The zero-order valence-corrected chi connectivity index (χ0v) is 10.3. The Morgan fingerprint density at radius 3 is 2.88 bits per heavy atom. The molecular formula is C11H22N2O3. The fourth-order valence-electron chi connectivity index (χ4n) is 1.97. The maximum Gasteiger partial charge on any atom is 0.220 e. The molecule has 0 spiro atoms. The van der Waals surface area contributed by atoms with Gasteiger partial charge in [0.25, 0.3) is 0 Å². The Kier molecular flexibility index (Phi) is 5.73. The standard InChI is InChI=1S/C11H22N2O3/c1-8(7-15-2)4-11(14)13-9-5-12-6-10(9)16-3/h8-10,12H,4-7H2,1-3H3,(H,13,14)/t8?,9?,10-/m0/s1. The van der Waals surface area contributed by atoms with E-state index in [9.17, 15) is 4.79 Å². The van der Waals surface area contributed by atoms with Crippen LogP contribution in [-0.4, -0.2) is 52.0 Å². The molecule has 0 aromatic carbocycles. The highest BCUT2D eigenvalue weighted by molar-refractivity contribution is 5.76. The Morgan fingerprint density at radius 1 is 1.50 bits per heavy atom. The van der Waals surface area contributed by atoms with Gasteiger partial charge in [0, 0.05) is 40.3 Å². The summed E-state index contributed by atoms with van der Waals surface area (Å²) in [5, 5.41) is 6.18. The van der Waals surface area contributed by atoms with Crippen molar-refractivity contribution in [3.8, 4) is 0 Å². The van der Waals surface area contributed by atoms with Gasteiger partial charge in [-0.2, -0.15) is 0 Å². The molecule has 2 unspecified atom stereocenters. The second-order valence-corrected chi connectivity index (χ2v) is 4.37. The predicted octanol–water partition coefficient (Wildman–Crippen LogP) is -0.238. The molecule has 16 heavy (non-hydrogen) atoms. The lowest BCUT2D eigenvalue weighted by Crippen LogP contribution is -2.44. The second-order valence-electron chi connectivity index (χ2n) is 4.37.